The molecule has 1 aromatic carbocycles. The molecule has 0 atom stereocenters. The molecule has 0 saturated carbocycles. The summed E-state index contributed by atoms with van der Waals surface area (Å²) in [6.07, 6.45) is 8.02. The van der Waals surface area contributed by atoms with Gasteiger partial charge in [-0.25, -0.2) is 8.42 Å². The maximum absolute atomic E-state index is 13.4. The van der Waals surface area contributed by atoms with E-state index in [9.17, 15) is 8.42 Å². The first-order valence-electron chi connectivity index (χ1n) is 9.31. The third-order valence-electron chi connectivity index (χ3n) is 5.32. The summed E-state index contributed by atoms with van der Waals surface area (Å²) in [4.78, 5) is 7.10. The molecule has 1 aromatic heterocycles. The van der Waals surface area contributed by atoms with E-state index >= 15 is 0 Å². The summed E-state index contributed by atoms with van der Waals surface area (Å²) in [6.45, 7) is 3.07. The van der Waals surface area contributed by atoms with E-state index in [1.165, 1.54) is 6.42 Å². The molecule has 0 spiro atoms. The van der Waals surface area contributed by atoms with E-state index in [4.69, 9.17) is 0 Å². The van der Waals surface area contributed by atoms with Crippen molar-refractivity contribution in [1.82, 2.24) is 9.29 Å². The van der Waals surface area contributed by atoms with Crippen molar-refractivity contribution in [1.29, 1.82) is 0 Å². The van der Waals surface area contributed by atoms with E-state index in [-0.39, 0.29) is 0 Å². The maximum Gasteiger partial charge on any atom is 0.246 e. The van der Waals surface area contributed by atoms with Crippen LogP contribution in [0.4, 0.5) is 5.69 Å². The first kappa shape index (κ1) is 16.8. The molecule has 3 heterocycles. The first-order valence-corrected chi connectivity index (χ1v) is 10.7. The highest BCUT2D eigenvalue weighted by Crippen LogP contribution is 2.36. The number of benzene rings is 1. The number of hydrogen-bond donors (Lipinski definition) is 0. The van der Waals surface area contributed by atoms with Gasteiger partial charge in [0.1, 0.15) is 4.90 Å². The minimum absolute atomic E-state index is 0.384. The van der Waals surface area contributed by atoms with Gasteiger partial charge in [-0.05, 0) is 38.2 Å². The number of anilines is 1. The maximum atomic E-state index is 13.4. The highest BCUT2D eigenvalue weighted by molar-refractivity contribution is 7.89. The Morgan fingerprint density at radius 3 is 2.20 bits per heavy atom. The number of pyridine rings is 1. The zero-order valence-electron chi connectivity index (χ0n) is 14.5. The van der Waals surface area contributed by atoms with E-state index in [1.807, 2.05) is 24.3 Å². The van der Waals surface area contributed by atoms with Crippen molar-refractivity contribution in [2.45, 2.75) is 43.4 Å². The quantitative estimate of drug-likeness (QED) is 0.843. The Kier molecular flexibility index (Phi) is 4.65. The van der Waals surface area contributed by atoms with Crippen LogP contribution in [0.1, 0.15) is 38.5 Å². The lowest BCUT2D eigenvalue weighted by atomic mass is 10.1. The van der Waals surface area contributed by atoms with Gasteiger partial charge < -0.3 is 4.90 Å². The van der Waals surface area contributed by atoms with E-state index in [2.05, 4.69) is 9.88 Å². The van der Waals surface area contributed by atoms with Gasteiger partial charge in [-0.15, -0.1) is 0 Å². The summed E-state index contributed by atoms with van der Waals surface area (Å²) in [6, 6.07) is 7.88. The normalized spacial score (nSPS) is 20.1. The topological polar surface area (TPSA) is 53.5 Å². The standard InChI is InChI=1S/C19H25N3O2S/c23-25(24,22-13-7-2-8-14-22)18-15-20-17-10-4-3-9-16(17)19(18)21-11-5-1-6-12-21/h3-4,9-10,15H,1-2,5-8,11-14H2. The largest absolute Gasteiger partial charge is 0.370 e. The number of hydrogen-bond acceptors (Lipinski definition) is 4. The fourth-order valence-electron chi connectivity index (χ4n) is 3.99. The van der Waals surface area contributed by atoms with E-state index in [0.717, 1.165) is 61.8 Å². The van der Waals surface area contributed by atoms with E-state index < -0.39 is 10.0 Å². The molecule has 0 radical (unpaired) electrons. The van der Waals surface area contributed by atoms with Crippen LogP contribution in [0.25, 0.3) is 10.9 Å². The third-order valence-corrected chi connectivity index (χ3v) is 7.22. The molecule has 2 fully saturated rings. The molecular weight excluding hydrogens is 334 g/mol. The zero-order valence-corrected chi connectivity index (χ0v) is 15.3. The lowest BCUT2D eigenvalue weighted by Crippen LogP contribution is -2.37. The van der Waals surface area contributed by atoms with Crippen LogP contribution in [0.15, 0.2) is 35.4 Å². The Bertz CT molecular complexity index is 854. The lowest BCUT2D eigenvalue weighted by Gasteiger charge is -2.33. The molecule has 2 aromatic rings. The number of para-hydroxylation sites is 1. The summed E-state index contributed by atoms with van der Waals surface area (Å²) in [7, 11) is -3.50. The van der Waals surface area contributed by atoms with Gasteiger partial charge >= 0.3 is 0 Å². The number of rotatable bonds is 3. The van der Waals surface area contributed by atoms with Crippen molar-refractivity contribution in [2.75, 3.05) is 31.1 Å². The first-order chi connectivity index (χ1) is 12.2. The molecule has 25 heavy (non-hydrogen) atoms. The van der Waals surface area contributed by atoms with Crippen LogP contribution in [-0.4, -0.2) is 43.9 Å². The van der Waals surface area contributed by atoms with Crippen LogP contribution >= 0.6 is 0 Å². The van der Waals surface area contributed by atoms with Crippen molar-refractivity contribution in [3.8, 4) is 0 Å². The zero-order chi connectivity index (χ0) is 17.3. The second kappa shape index (κ2) is 6.92. The molecular formula is C19H25N3O2S. The minimum atomic E-state index is -3.50. The summed E-state index contributed by atoms with van der Waals surface area (Å²) < 4.78 is 28.4. The van der Waals surface area contributed by atoms with Crippen LogP contribution in [0.3, 0.4) is 0 Å². The van der Waals surface area contributed by atoms with Crippen molar-refractivity contribution in [3.05, 3.63) is 30.5 Å². The van der Waals surface area contributed by atoms with E-state index in [0.29, 0.717) is 18.0 Å². The van der Waals surface area contributed by atoms with Crippen LogP contribution in [0, 0.1) is 0 Å². The van der Waals surface area contributed by atoms with Gasteiger partial charge in [0, 0.05) is 37.8 Å². The van der Waals surface area contributed by atoms with Gasteiger partial charge in [0.2, 0.25) is 10.0 Å². The van der Waals surface area contributed by atoms with Crippen molar-refractivity contribution in [3.63, 3.8) is 0 Å². The predicted octanol–water partition coefficient (Wildman–Crippen LogP) is 3.40. The molecule has 0 unspecified atom stereocenters. The second-order valence-corrected chi connectivity index (χ2v) is 8.91. The van der Waals surface area contributed by atoms with Gasteiger partial charge in [0.25, 0.3) is 0 Å². The van der Waals surface area contributed by atoms with Crippen molar-refractivity contribution >= 4 is 26.6 Å². The summed E-state index contributed by atoms with van der Waals surface area (Å²) in [5.74, 6) is 0. The minimum Gasteiger partial charge on any atom is -0.370 e. The number of piperidine rings is 2. The second-order valence-electron chi connectivity index (χ2n) is 7.00. The Labute approximate surface area is 149 Å². The summed E-state index contributed by atoms with van der Waals surface area (Å²) in [5, 5.41) is 0.947. The molecule has 0 aliphatic carbocycles. The summed E-state index contributed by atoms with van der Waals surface area (Å²) >= 11 is 0. The predicted molar refractivity (Wildman–Crippen MR) is 100 cm³/mol. The molecule has 5 nitrogen and oxygen atoms in total. The number of nitrogens with zero attached hydrogens (tertiary/aromatic N) is 3. The Morgan fingerprint density at radius 2 is 1.48 bits per heavy atom. The Hall–Kier alpha value is -1.66. The van der Waals surface area contributed by atoms with Crippen LogP contribution in [0.5, 0.6) is 0 Å². The number of sulfonamides is 1. The lowest BCUT2D eigenvalue weighted by molar-refractivity contribution is 0.346. The molecule has 4 rings (SSSR count). The van der Waals surface area contributed by atoms with Crippen LogP contribution < -0.4 is 4.90 Å². The van der Waals surface area contributed by atoms with E-state index in [1.54, 1.807) is 10.5 Å². The monoisotopic (exact) mass is 359 g/mol. The van der Waals surface area contributed by atoms with Gasteiger partial charge in [0.15, 0.2) is 0 Å². The molecule has 134 valence electrons. The number of aromatic nitrogens is 1. The van der Waals surface area contributed by atoms with Gasteiger partial charge in [-0.3, -0.25) is 4.98 Å². The fraction of sp³-hybridized carbons (Fsp3) is 0.526. The SMILES string of the molecule is O=S(=O)(c1cnc2ccccc2c1N1CCCCC1)N1CCCCC1. The fourth-order valence-corrected chi connectivity index (χ4v) is 5.67. The average Bonchev–Trinajstić information content (AvgIpc) is 2.68. The highest BCUT2D eigenvalue weighted by atomic mass is 32.2. The number of fused-ring (bicyclic) bond motifs is 1. The van der Waals surface area contributed by atoms with Crippen LogP contribution in [0.2, 0.25) is 0 Å². The molecule has 2 saturated heterocycles. The molecule has 0 N–H and O–H groups in total. The molecule has 0 amide bonds. The Balaban J connectivity index is 1.87. The van der Waals surface area contributed by atoms with Crippen molar-refractivity contribution < 1.29 is 8.42 Å². The molecule has 2 aliphatic heterocycles. The molecule has 6 heteroatoms. The van der Waals surface area contributed by atoms with Gasteiger partial charge in [-0.1, -0.05) is 24.6 Å². The smallest absolute Gasteiger partial charge is 0.246 e. The van der Waals surface area contributed by atoms with Crippen molar-refractivity contribution in [2.24, 2.45) is 0 Å². The average molecular weight is 359 g/mol. The molecule has 2 aliphatic rings. The van der Waals surface area contributed by atoms with Gasteiger partial charge in [-0.2, -0.15) is 4.31 Å². The Morgan fingerprint density at radius 1 is 0.840 bits per heavy atom. The molecule has 0 bridgehead atoms. The van der Waals surface area contributed by atoms with Crippen LogP contribution in [-0.2, 0) is 10.0 Å². The highest BCUT2D eigenvalue weighted by Gasteiger charge is 2.31. The van der Waals surface area contributed by atoms with Gasteiger partial charge in [0.05, 0.1) is 11.2 Å². The summed E-state index contributed by atoms with van der Waals surface area (Å²) in [5.41, 5.74) is 1.72. The third kappa shape index (κ3) is 3.13.